The highest BCUT2D eigenvalue weighted by Gasteiger charge is 2.35. The predicted molar refractivity (Wildman–Crippen MR) is 103 cm³/mol. The zero-order valence-electron chi connectivity index (χ0n) is 16.0. The van der Waals surface area contributed by atoms with Gasteiger partial charge in [0.15, 0.2) is 5.82 Å². The van der Waals surface area contributed by atoms with E-state index in [0.29, 0.717) is 6.04 Å². The molecular weight excluding hydrogens is 312 g/mol. The minimum atomic E-state index is 0.608. The Bertz CT molecular complexity index is 597. The van der Waals surface area contributed by atoms with Crippen molar-refractivity contribution in [1.82, 2.24) is 14.7 Å². The molecule has 1 aromatic rings. The van der Waals surface area contributed by atoms with E-state index in [1.165, 1.54) is 64.1 Å². The average Bonchev–Trinajstić information content (AvgIpc) is 3.18. The molecule has 2 atom stereocenters. The zero-order valence-corrected chi connectivity index (χ0v) is 16.0. The van der Waals surface area contributed by atoms with Gasteiger partial charge in [-0.2, -0.15) is 5.10 Å². The number of likely N-dealkylation sites (N-methyl/N-ethyl adjacent to an activating group) is 1. The largest absolute Gasteiger partial charge is 0.394 e. The molecule has 6 heteroatoms. The summed E-state index contributed by atoms with van der Waals surface area (Å²) in [4.78, 5) is 2.59. The van der Waals surface area contributed by atoms with Crippen LogP contribution in [0.4, 0.5) is 11.5 Å². The van der Waals surface area contributed by atoms with Crippen molar-refractivity contribution >= 4 is 11.5 Å². The minimum absolute atomic E-state index is 0.608. The van der Waals surface area contributed by atoms with Crippen molar-refractivity contribution in [1.29, 1.82) is 0 Å². The third-order valence-electron chi connectivity index (χ3n) is 6.72. The van der Waals surface area contributed by atoms with Gasteiger partial charge in [-0.05, 0) is 38.0 Å². The summed E-state index contributed by atoms with van der Waals surface area (Å²) >= 11 is 0. The van der Waals surface area contributed by atoms with Crippen LogP contribution in [0.1, 0.15) is 43.8 Å². The first-order chi connectivity index (χ1) is 12.0. The van der Waals surface area contributed by atoms with Gasteiger partial charge in [-0.15, -0.1) is 0 Å². The van der Waals surface area contributed by atoms with Crippen LogP contribution in [0.3, 0.4) is 0 Å². The number of nitrogens with zero attached hydrogens (tertiary/aromatic N) is 4. The van der Waals surface area contributed by atoms with Crippen molar-refractivity contribution in [2.75, 3.05) is 64.4 Å². The third kappa shape index (κ3) is 3.51. The highest BCUT2D eigenvalue weighted by molar-refractivity contribution is 5.65. The molecule has 3 aliphatic rings. The van der Waals surface area contributed by atoms with Crippen LogP contribution in [0.25, 0.3) is 0 Å². The Morgan fingerprint density at radius 2 is 2.00 bits per heavy atom. The lowest BCUT2D eigenvalue weighted by Gasteiger charge is -2.39. The van der Waals surface area contributed by atoms with E-state index in [1.807, 2.05) is 0 Å². The Labute approximate surface area is 151 Å². The number of nitrogen functional groups attached to an aromatic ring is 1. The molecule has 0 spiro atoms. The van der Waals surface area contributed by atoms with Crippen molar-refractivity contribution in [3.63, 3.8) is 0 Å². The van der Waals surface area contributed by atoms with Crippen LogP contribution < -0.4 is 11.1 Å². The molecule has 1 aliphatic carbocycles. The number of aromatic nitrogens is 2. The molecule has 0 bridgehead atoms. The molecule has 1 saturated carbocycles. The molecule has 140 valence electrons. The lowest BCUT2D eigenvalue weighted by Crippen LogP contribution is -2.54. The van der Waals surface area contributed by atoms with E-state index in [2.05, 4.69) is 29.0 Å². The quantitative estimate of drug-likeness (QED) is 0.631. The van der Waals surface area contributed by atoms with Gasteiger partial charge in [0.25, 0.3) is 0 Å². The lowest BCUT2D eigenvalue weighted by molar-refractivity contribution is -0.894. The van der Waals surface area contributed by atoms with Crippen LogP contribution in [0.5, 0.6) is 0 Å². The number of piperazine rings is 1. The second-order valence-electron chi connectivity index (χ2n) is 8.96. The molecule has 3 heterocycles. The summed E-state index contributed by atoms with van der Waals surface area (Å²) in [5, 5.41) is 8.38. The molecule has 3 N–H and O–H groups in total. The van der Waals surface area contributed by atoms with Crippen molar-refractivity contribution < 1.29 is 4.48 Å². The topological polar surface area (TPSA) is 59.1 Å². The van der Waals surface area contributed by atoms with Gasteiger partial charge in [-0.25, -0.2) is 0 Å². The Hall–Kier alpha value is -1.27. The summed E-state index contributed by atoms with van der Waals surface area (Å²) in [5.74, 6) is 1.76. The fraction of sp³-hybridized carbons (Fsp3) is 0.842. The van der Waals surface area contributed by atoms with Gasteiger partial charge >= 0.3 is 0 Å². The Morgan fingerprint density at radius 1 is 1.20 bits per heavy atom. The number of hydrogen-bond acceptors (Lipinski definition) is 4. The fourth-order valence-corrected chi connectivity index (χ4v) is 4.92. The van der Waals surface area contributed by atoms with Gasteiger partial charge in [0.1, 0.15) is 0 Å². The molecular formula is C19H35N6+. The Morgan fingerprint density at radius 3 is 2.80 bits per heavy atom. The van der Waals surface area contributed by atoms with Gasteiger partial charge in [0, 0.05) is 26.2 Å². The molecule has 0 aromatic carbocycles. The highest BCUT2D eigenvalue weighted by Crippen LogP contribution is 2.44. The van der Waals surface area contributed by atoms with Gasteiger partial charge < -0.3 is 15.5 Å². The number of rotatable bonds is 5. The van der Waals surface area contributed by atoms with Gasteiger partial charge in [0.2, 0.25) is 0 Å². The van der Waals surface area contributed by atoms with E-state index >= 15 is 0 Å². The standard InChI is InChI=1S/C19H35N6/c1-25(2)13-11-23(12-14-25)10-4-9-21-19-18(20)17-8-7-15-5-3-6-16(15)24(17)22-19/h15-16H,3-14,20H2,1-2H3,(H,21,22)/q+1. The maximum atomic E-state index is 6.40. The zero-order chi connectivity index (χ0) is 17.4. The molecule has 6 nitrogen and oxygen atoms in total. The van der Waals surface area contributed by atoms with Crippen LogP contribution in [0.2, 0.25) is 0 Å². The molecule has 0 radical (unpaired) electrons. The Kier molecular flexibility index (Phi) is 4.67. The number of quaternary nitrogens is 1. The highest BCUT2D eigenvalue weighted by atomic mass is 15.4. The van der Waals surface area contributed by atoms with Crippen molar-refractivity contribution in [3.8, 4) is 0 Å². The first-order valence-corrected chi connectivity index (χ1v) is 10.2. The van der Waals surface area contributed by atoms with Crippen molar-refractivity contribution in [2.45, 2.75) is 44.6 Å². The fourth-order valence-electron chi connectivity index (χ4n) is 4.92. The normalized spacial score (nSPS) is 28.6. The van der Waals surface area contributed by atoms with E-state index < -0.39 is 0 Å². The second-order valence-corrected chi connectivity index (χ2v) is 8.96. The summed E-state index contributed by atoms with van der Waals surface area (Å²) in [5.41, 5.74) is 8.59. The van der Waals surface area contributed by atoms with Crippen molar-refractivity contribution in [3.05, 3.63) is 5.69 Å². The number of anilines is 2. The maximum absolute atomic E-state index is 6.40. The third-order valence-corrected chi connectivity index (χ3v) is 6.72. The number of nitrogens with one attached hydrogen (secondary N) is 1. The van der Waals surface area contributed by atoms with Crippen molar-refractivity contribution in [2.24, 2.45) is 5.92 Å². The maximum Gasteiger partial charge on any atom is 0.171 e. The molecule has 0 amide bonds. The van der Waals surface area contributed by atoms with Crippen LogP contribution in [-0.2, 0) is 6.42 Å². The van der Waals surface area contributed by atoms with E-state index in [0.717, 1.165) is 41.3 Å². The SMILES string of the molecule is C[N+]1(C)CCN(CCCNc2nn3c(c2N)CCC2CCCC23)CC1. The summed E-state index contributed by atoms with van der Waals surface area (Å²) in [6.07, 6.45) is 7.55. The van der Waals surface area contributed by atoms with Gasteiger partial charge in [-0.1, -0.05) is 6.42 Å². The summed E-state index contributed by atoms with van der Waals surface area (Å²) in [6.45, 7) is 7.09. The molecule has 2 unspecified atom stereocenters. The predicted octanol–water partition coefficient (Wildman–Crippen LogP) is 1.95. The minimum Gasteiger partial charge on any atom is -0.394 e. The van der Waals surface area contributed by atoms with E-state index in [-0.39, 0.29) is 0 Å². The number of nitrogens with two attached hydrogens (primary N) is 1. The Balaban J connectivity index is 1.28. The summed E-state index contributed by atoms with van der Waals surface area (Å²) < 4.78 is 3.43. The summed E-state index contributed by atoms with van der Waals surface area (Å²) in [6, 6.07) is 0.608. The molecule has 2 aliphatic heterocycles. The lowest BCUT2D eigenvalue weighted by atomic mass is 9.92. The van der Waals surface area contributed by atoms with Crippen LogP contribution in [0, 0.1) is 5.92 Å². The molecule has 25 heavy (non-hydrogen) atoms. The van der Waals surface area contributed by atoms with Crippen LogP contribution in [0.15, 0.2) is 0 Å². The first kappa shape index (κ1) is 17.2. The van der Waals surface area contributed by atoms with Gasteiger partial charge in [-0.3, -0.25) is 9.58 Å². The van der Waals surface area contributed by atoms with Gasteiger partial charge in [0.05, 0.1) is 44.6 Å². The monoisotopic (exact) mass is 347 g/mol. The molecule has 4 rings (SSSR count). The van der Waals surface area contributed by atoms with Crippen LogP contribution in [-0.4, -0.2) is 72.5 Å². The smallest absolute Gasteiger partial charge is 0.171 e. The number of hydrogen-bond donors (Lipinski definition) is 2. The molecule has 2 fully saturated rings. The summed E-state index contributed by atoms with van der Waals surface area (Å²) in [7, 11) is 4.66. The molecule has 1 saturated heterocycles. The van der Waals surface area contributed by atoms with E-state index in [9.17, 15) is 0 Å². The van der Waals surface area contributed by atoms with E-state index in [1.54, 1.807) is 0 Å². The van der Waals surface area contributed by atoms with Crippen LogP contribution >= 0.6 is 0 Å². The molecule has 1 aromatic heterocycles. The van der Waals surface area contributed by atoms with E-state index in [4.69, 9.17) is 10.8 Å². The second kappa shape index (κ2) is 6.80. The first-order valence-electron chi connectivity index (χ1n) is 10.2. The number of fused-ring (bicyclic) bond motifs is 3. The average molecular weight is 348 g/mol.